The van der Waals surface area contributed by atoms with Crippen LogP contribution >= 0.6 is 0 Å². The molecule has 0 unspecified atom stereocenters. The van der Waals surface area contributed by atoms with Crippen molar-refractivity contribution in [2.24, 2.45) is 5.92 Å². The second kappa shape index (κ2) is 6.36. The Kier molecular flexibility index (Phi) is 4.29. The van der Waals surface area contributed by atoms with E-state index in [4.69, 9.17) is 4.74 Å². The summed E-state index contributed by atoms with van der Waals surface area (Å²) in [5, 5.41) is 2.92. The number of aromatic amines is 1. The second-order valence-corrected chi connectivity index (χ2v) is 5.71. The lowest BCUT2D eigenvalue weighted by Crippen LogP contribution is -2.41. The maximum absolute atomic E-state index is 12.2. The smallest absolute Gasteiger partial charge is 0.326 e. The molecule has 22 heavy (non-hydrogen) atoms. The zero-order valence-corrected chi connectivity index (χ0v) is 12.7. The number of aromatic nitrogens is 2. The van der Waals surface area contributed by atoms with E-state index in [2.05, 4.69) is 10.3 Å². The van der Waals surface area contributed by atoms with Gasteiger partial charge in [-0.2, -0.15) is 0 Å². The van der Waals surface area contributed by atoms with E-state index in [1.165, 1.54) is 0 Å². The molecule has 6 nitrogen and oxygen atoms in total. The SMILES string of the molecule is C[C@@H]1OCCC[C@@H]1C(=O)NCCn1c(=O)[nH]c2ccccc21. The van der Waals surface area contributed by atoms with E-state index < -0.39 is 0 Å². The monoisotopic (exact) mass is 303 g/mol. The van der Waals surface area contributed by atoms with Crippen molar-refractivity contribution in [3.8, 4) is 0 Å². The molecule has 1 aliphatic rings. The Bertz CT molecular complexity index is 719. The molecule has 3 rings (SSSR count). The lowest BCUT2D eigenvalue weighted by molar-refractivity contribution is -0.133. The number of nitrogens with one attached hydrogen (secondary N) is 2. The summed E-state index contributed by atoms with van der Waals surface area (Å²) >= 11 is 0. The fourth-order valence-corrected chi connectivity index (χ4v) is 3.02. The molecule has 2 atom stereocenters. The van der Waals surface area contributed by atoms with Crippen LogP contribution in [0.2, 0.25) is 0 Å². The normalized spacial score (nSPS) is 21.9. The van der Waals surface area contributed by atoms with Crippen molar-refractivity contribution in [2.75, 3.05) is 13.2 Å². The molecule has 0 bridgehead atoms. The molecule has 1 saturated heterocycles. The summed E-state index contributed by atoms with van der Waals surface area (Å²) in [7, 11) is 0. The minimum Gasteiger partial charge on any atom is -0.378 e. The Morgan fingerprint density at radius 3 is 3.09 bits per heavy atom. The first-order valence-electron chi connectivity index (χ1n) is 7.73. The third kappa shape index (κ3) is 2.92. The summed E-state index contributed by atoms with van der Waals surface area (Å²) in [6, 6.07) is 7.54. The first kappa shape index (κ1) is 14.8. The summed E-state index contributed by atoms with van der Waals surface area (Å²) in [5.74, 6) is -0.0754. The van der Waals surface area contributed by atoms with Crippen LogP contribution in [0.15, 0.2) is 29.1 Å². The number of hydrogen-bond acceptors (Lipinski definition) is 3. The van der Waals surface area contributed by atoms with Gasteiger partial charge in [-0.1, -0.05) is 12.1 Å². The molecule has 2 heterocycles. The first-order valence-corrected chi connectivity index (χ1v) is 7.73. The third-order valence-electron chi connectivity index (χ3n) is 4.26. The van der Waals surface area contributed by atoms with E-state index in [0.717, 1.165) is 30.5 Å². The molecule has 6 heteroatoms. The summed E-state index contributed by atoms with van der Waals surface area (Å²) in [6.07, 6.45) is 1.74. The molecule has 118 valence electrons. The molecule has 1 amide bonds. The highest BCUT2D eigenvalue weighted by Crippen LogP contribution is 2.20. The van der Waals surface area contributed by atoms with Crippen molar-refractivity contribution in [2.45, 2.75) is 32.4 Å². The van der Waals surface area contributed by atoms with Crippen molar-refractivity contribution in [1.29, 1.82) is 0 Å². The first-order chi connectivity index (χ1) is 10.7. The Labute approximate surface area is 128 Å². The van der Waals surface area contributed by atoms with Gasteiger partial charge < -0.3 is 15.0 Å². The number of H-pyrrole nitrogens is 1. The van der Waals surface area contributed by atoms with Gasteiger partial charge in [-0.3, -0.25) is 9.36 Å². The fraction of sp³-hybridized carbons (Fsp3) is 0.500. The molecule has 1 aromatic heterocycles. The fourth-order valence-electron chi connectivity index (χ4n) is 3.02. The number of ether oxygens (including phenoxy) is 1. The van der Waals surface area contributed by atoms with Crippen LogP contribution in [-0.4, -0.2) is 34.7 Å². The number of benzene rings is 1. The van der Waals surface area contributed by atoms with Crippen LogP contribution in [0.1, 0.15) is 19.8 Å². The molecule has 0 aliphatic carbocycles. The Balaban J connectivity index is 1.61. The van der Waals surface area contributed by atoms with Crippen LogP contribution in [0.5, 0.6) is 0 Å². The quantitative estimate of drug-likeness (QED) is 0.893. The number of nitrogens with zero attached hydrogens (tertiary/aromatic N) is 1. The van der Waals surface area contributed by atoms with Crippen LogP contribution < -0.4 is 11.0 Å². The van der Waals surface area contributed by atoms with Crippen LogP contribution in [0.25, 0.3) is 11.0 Å². The zero-order valence-electron chi connectivity index (χ0n) is 12.7. The summed E-state index contributed by atoms with van der Waals surface area (Å²) in [4.78, 5) is 27.0. The molecule has 0 spiro atoms. The van der Waals surface area contributed by atoms with E-state index in [-0.39, 0.29) is 23.6 Å². The lowest BCUT2D eigenvalue weighted by Gasteiger charge is -2.28. The third-order valence-corrected chi connectivity index (χ3v) is 4.26. The Morgan fingerprint density at radius 2 is 2.27 bits per heavy atom. The molecular formula is C16H21N3O3. The van der Waals surface area contributed by atoms with Gasteiger partial charge in [0.25, 0.3) is 0 Å². The van der Waals surface area contributed by atoms with Crippen LogP contribution in [0, 0.1) is 5.92 Å². The number of carbonyl (C=O) groups is 1. The number of fused-ring (bicyclic) bond motifs is 1. The van der Waals surface area contributed by atoms with E-state index in [1.54, 1.807) is 4.57 Å². The molecule has 0 saturated carbocycles. The second-order valence-electron chi connectivity index (χ2n) is 5.71. The lowest BCUT2D eigenvalue weighted by atomic mass is 9.94. The predicted octanol–water partition coefficient (Wildman–Crippen LogP) is 1.26. The van der Waals surface area contributed by atoms with Gasteiger partial charge in [0.15, 0.2) is 0 Å². The topological polar surface area (TPSA) is 76.1 Å². The molecule has 0 radical (unpaired) electrons. The average Bonchev–Trinajstić information content (AvgIpc) is 2.83. The van der Waals surface area contributed by atoms with Gasteiger partial charge >= 0.3 is 5.69 Å². The average molecular weight is 303 g/mol. The Morgan fingerprint density at radius 1 is 1.45 bits per heavy atom. The largest absolute Gasteiger partial charge is 0.378 e. The predicted molar refractivity (Wildman–Crippen MR) is 83.7 cm³/mol. The van der Waals surface area contributed by atoms with Crippen molar-refractivity contribution in [3.63, 3.8) is 0 Å². The van der Waals surface area contributed by atoms with Gasteiger partial charge in [0.05, 0.1) is 23.1 Å². The summed E-state index contributed by atoms with van der Waals surface area (Å²) in [6.45, 7) is 3.56. The number of amides is 1. The highest BCUT2D eigenvalue weighted by atomic mass is 16.5. The van der Waals surface area contributed by atoms with E-state index in [0.29, 0.717) is 13.1 Å². The van der Waals surface area contributed by atoms with Crippen molar-refractivity contribution < 1.29 is 9.53 Å². The highest BCUT2D eigenvalue weighted by molar-refractivity contribution is 5.79. The van der Waals surface area contributed by atoms with Gasteiger partial charge in [0.1, 0.15) is 0 Å². The van der Waals surface area contributed by atoms with Crippen LogP contribution in [0.3, 0.4) is 0 Å². The molecule has 2 N–H and O–H groups in total. The van der Waals surface area contributed by atoms with E-state index >= 15 is 0 Å². The van der Waals surface area contributed by atoms with E-state index in [1.807, 2.05) is 31.2 Å². The maximum Gasteiger partial charge on any atom is 0.326 e. The number of hydrogen-bond donors (Lipinski definition) is 2. The zero-order chi connectivity index (χ0) is 15.5. The van der Waals surface area contributed by atoms with E-state index in [9.17, 15) is 9.59 Å². The highest BCUT2D eigenvalue weighted by Gasteiger charge is 2.28. The minimum atomic E-state index is -0.148. The number of rotatable bonds is 4. The maximum atomic E-state index is 12.2. The van der Waals surface area contributed by atoms with Crippen LogP contribution in [0.4, 0.5) is 0 Å². The Hall–Kier alpha value is -2.08. The van der Waals surface area contributed by atoms with Gasteiger partial charge in [0, 0.05) is 19.7 Å². The van der Waals surface area contributed by atoms with Crippen molar-refractivity contribution in [3.05, 3.63) is 34.7 Å². The standard InChI is InChI=1S/C16H21N3O3/c1-11-12(5-4-10-22-11)15(20)17-8-9-19-14-7-3-2-6-13(14)18-16(19)21/h2-3,6-7,11-12H,4-5,8-10H2,1H3,(H,17,20)(H,18,21)/t11-,12-/m0/s1. The molecular weight excluding hydrogens is 282 g/mol. The van der Waals surface area contributed by atoms with Gasteiger partial charge in [-0.05, 0) is 31.9 Å². The number of para-hydroxylation sites is 2. The number of imidazole rings is 1. The van der Waals surface area contributed by atoms with Gasteiger partial charge in [-0.25, -0.2) is 4.79 Å². The summed E-state index contributed by atoms with van der Waals surface area (Å²) < 4.78 is 7.17. The molecule has 1 aliphatic heterocycles. The van der Waals surface area contributed by atoms with Gasteiger partial charge in [-0.15, -0.1) is 0 Å². The van der Waals surface area contributed by atoms with Gasteiger partial charge in [0.2, 0.25) is 5.91 Å². The van der Waals surface area contributed by atoms with Crippen molar-refractivity contribution >= 4 is 16.9 Å². The van der Waals surface area contributed by atoms with Crippen molar-refractivity contribution in [1.82, 2.24) is 14.9 Å². The minimum absolute atomic E-state index is 0.0140. The molecule has 2 aromatic rings. The van der Waals surface area contributed by atoms with Crippen LogP contribution in [-0.2, 0) is 16.1 Å². The molecule has 1 fully saturated rings. The molecule has 1 aromatic carbocycles. The number of carbonyl (C=O) groups excluding carboxylic acids is 1. The summed E-state index contributed by atoms with van der Waals surface area (Å²) in [5.41, 5.74) is 1.52.